The lowest BCUT2D eigenvalue weighted by atomic mass is 10.1. The number of nitrogens with one attached hydrogen (secondary N) is 1. The number of nitrogens with zero attached hydrogens (tertiary/aromatic N) is 2. The van der Waals surface area contributed by atoms with Gasteiger partial charge in [0.15, 0.2) is 5.69 Å². The fraction of sp³-hybridized carbons (Fsp3) is 0.333. The molecule has 1 fully saturated rings. The third-order valence-corrected chi connectivity index (χ3v) is 4.00. The molecule has 136 valence electrons. The average molecular weight is 357 g/mol. The summed E-state index contributed by atoms with van der Waals surface area (Å²) in [6.07, 6.45) is 4.05. The number of aryl methyl sites for hydroxylation is 1. The number of amides is 1. The molecule has 0 spiro atoms. The summed E-state index contributed by atoms with van der Waals surface area (Å²) in [4.78, 5) is 30.5. The first-order valence-corrected chi connectivity index (χ1v) is 8.24. The van der Waals surface area contributed by atoms with Crippen LogP contribution >= 0.6 is 0 Å². The van der Waals surface area contributed by atoms with Crippen molar-refractivity contribution in [2.75, 3.05) is 18.5 Å². The number of aromatic carboxylic acids is 1. The molecule has 2 heterocycles. The fourth-order valence-electron chi connectivity index (χ4n) is 2.58. The van der Waals surface area contributed by atoms with Crippen LogP contribution < -0.4 is 10.1 Å². The van der Waals surface area contributed by atoms with E-state index < -0.39 is 11.9 Å². The van der Waals surface area contributed by atoms with E-state index >= 15 is 0 Å². The van der Waals surface area contributed by atoms with Crippen LogP contribution in [0.15, 0.2) is 30.6 Å². The van der Waals surface area contributed by atoms with Crippen molar-refractivity contribution < 1.29 is 24.2 Å². The standard InChI is InChI=1S/C18H19N3O5/c1-11-8-12(2-3-16(11)26-13-4-6-25-7-5-13)21-17(22)14-9-20-15(10-19-14)18(23)24/h2-3,8-10,13H,4-7H2,1H3,(H,21,22)(H,23,24). The van der Waals surface area contributed by atoms with Gasteiger partial charge in [0.1, 0.15) is 17.5 Å². The Balaban J connectivity index is 1.64. The van der Waals surface area contributed by atoms with E-state index in [1.54, 1.807) is 6.07 Å². The van der Waals surface area contributed by atoms with Crippen LogP contribution in [0.4, 0.5) is 5.69 Å². The Kier molecular flexibility index (Phi) is 5.43. The molecule has 8 nitrogen and oxygen atoms in total. The highest BCUT2D eigenvalue weighted by Gasteiger charge is 2.17. The van der Waals surface area contributed by atoms with Gasteiger partial charge in [-0.15, -0.1) is 0 Å². The number of anilines is 1. The lowest BCUT2D eigenvalue weighted by Crippen LogP contribution is -2.26. The van der Waals surface area contributed by atoms with Gasteiger partial charge in [0, 0.05) is 18.5 Å². The number of carboxylic acids is 1. The minimum Gasteiger partial charge on any atom is -0.490 e. The summed E-state index contributed by atoms with van der Waals surface area (Å²) in [5.74, 6) is -0.882. The summed E-state index contributed by atoms with van der Waals surface area (Å²) >= 11 is 0. The average Bonchev–Trinajstić information content (AvgIpc) is 2.65. The SMILES string of the molecule is Cc1cc(NC(=O)c2cnc(C(=O)O)cn2)ccc1OC1CCOCC1. The van der Waals surface area contributed by atoms with Crippen LogP contribution in [0.25, 0.3) is 0 Å². The molecular formula is C18H19N3O5. The van der Waals surface area contributed by atoms with E-state index in [1.807, 2.05) is 19.1 Å². The van der Waals surface area contributed by atoms with Crippen LogP contribution in [0, 0.1) is 6.92 Å². The highest BCUT2D eigenvalue weighted by Crippen LogP contribution is 2.25. The molecule has 3 rings (SSSR count). The predicted molar refractivity (Wildman–Crippen MR) is 92.6 cm³/mol. The van der Waals surface area contributed by atoms with Crippen molar-refractivity contribution in [2.45, 2.75) is 25.9 Å². The van der Waals surface area contributed by atoms with Gasteiger partial charge in [-0.1, -0.05) is 0 Å². The van der Waals surface area contributed by atoms with Gasteiger partial charge in [0.05, 0.1) is 25.6 Å². The van der Waals surface area contributed by atoms with Gasteiger partial charge in [0.2, 0.25) is 0 Å². The summed E-state index contributed by atoms with van der Waals surface area (Å²) in [5, 5.41) is 11.5. The Morgan fingerprint density at radius 2 is 1.88 bits per heavy atom. The van der Waals surface area contributed by atoms with Crippen molar-refractivity contribution >= 4 is 17.6 Å². The van der Waals surface area contributed by atoms with E-state index in [9.17, 15) is 9.59 Å². The molecule has 0 radical (unpaired) electrons. The second-order valence-electron chi connectivity index (χ2n) is 5.96. The van der Waals surface area contributed by atoms with Crippen molar-refractivity contribution in [2.24, 2.45) is 0 Å². The van der Waals surface area contributed by atoms with Crippen molar-refractivity contribution in [3.63, 3.8) is 0 Å². The van der Waals surface area contributed by atoms with Crippen molar-refractivity contribution in [1.82, 2.24) is 9.97 Å². The zero-order valence-electron chi connectivity index (χ0n) is 14.3. The smallest absolute Gasteiger partial charge is 0.356 e. The molecule has 2 N–H and O–H groups in total. The van der Waals surface area contributed by atoms with Gasteiger partial charge in [0.25, 0.3) is 5.91 Å². The molecule has 0 unspecified atom stereocenters. The van der Waals surface area contributed by atoms with E-state index in [0.717, 1.165) is 36.5 Å². The Labute approximate surface area is 150 Å². The Morgan fingerprint density at radius 1 is 1.19 bits per heavy atom. The number of benzene rings is 1. The van der Waals surface area contributed by atoms with Crippen molar-refractivity contribution in [1.29, 1.82) is 0 Å². The van der Waals surface area contributed by atoms with Gasteiger partial charge in [-0.05, 0) is 30.7 Å². The second-order valence-corrected chi connectivity index (χ2v) is 5.96. The molecular weight excluding hydrogens is 338 g/mol. The molecule has 2 aromatic rings. The van der Waals surface area contributed by atoms with Crippen molar-refractivity contribution in [3.05, 3.63) is 47.5 Å². The lowest BCUT2D eigenvalue weighted by molar-refractivity contribution is 0.0253. The number of ether oxygens (including phenoxy) is 2. The number of carboxylic acid groups (broad SMARTS) is 1. The maximum atomic E-state index is 12.2. The molecule has 1 aliphatic heterocycles. The lowest BCUT2D eigenvalue weighted by Gasteiger charge is -2.24. The first-order chi connectivity index (χ1) is 12.5. The molecule has 1 saturated heterocycles. The molecule has 1 aromatic carbocycles. The molecule has 8 heteroatoms. The third-order valence-electron chi connectivity index (χ3n) is 4.00. The highest BCUT2D eigenvalue weighted by molar-refractivity contribution is 6.02. The monoisotopic (exact) mass is 357 g/mol. The quantitative estimate of drug-likeness (QED) is 0.844. The zero-order chi connectivity index (χ0) is 18.5. The van der Waals surface area contributed by atoms with Gasteiger partial charge in [-0.25, -0.2) is 14.8 Å². The maximum absolute atomic E-state index is 12.2. The fourth-order valence-corrected chi connectivity index (χ4v) is 2.58. The predicted octanol–water partition coefficient (Wildman–Crippen LogP) is 2.29. The summed E-state index contributed by atoms with van der Waals surface area (Å²) in [5.41, 5.74) is 1.32. The first kappa shape index (κ1) is 17.8. The van der Waals surface area contributed by atoms with Crippen LogP contribution in [0.1, 0.15) is 39.4 Å². The normalized spacial score (nSPS) is 14.7. The third kappa shape index (κ3) is 4.34. The molecule has 0 bridgehead atoms. The number of hydrogen-bond acceptors (Lipinski definition) is 6. The van der Waals surface area contributed by atoms with E-state index in [1.165, 1.54) is 0 Å². The molecule has 26 heavy (non-hydrogen) atoms. The summed E-state index contributed by atoms with van der Waals surface area (Å²) in [6, 6.07) is 5.38. The zero-order valence-corrected chi connectivity index (χ0v) is 14.3. The summed E-state index contributed by atoms with van der Waals surface area (Å²) in [7, 11) is 0. The number of aromatic nitrogens is 2. The Hall–Kier alpha value is -3.00. The van der Waals surface area contributed by atoms with Gasteiger partial charge >= 0.3 is 5.97 Å². The number of carbonyl (C=O) groups is 2. The second kappa shape index (κ2) is 7.92. The van der Waals surface area contributed by atoms with Crippen LogP contribution in [0.3, 0.4) is 0 Å². The number of rotatable bonds is 5. The van der Waals surface area contributed by atoms with Gasteiger partial charge in [-0.3, -0.25) is 4.79 Å². The Morgan fingerprint density at radius 3 is 2.50 bits per heavy atom. The molecule has 1 aromatic heterocycles. The van der Waals surface area contributed by atoms with E-state index in [0.29, 0.717) is 18.9 Å². The van der Waals surface area contributed by atoms with Gasteiger partial charge < -0.3 is 19.9 Å². The van der Waals surface area contributed by atoms with Crippen molar-refractivity contribution in [3.8, 4) is 5.75 Å². The summed E-state index contributed by atoms with van der Waals surface area (Å²) < 4.78 is 11.3. The minimum absolute atomic E-state index is 0.0372. The van der Waals surface area contributed by atoms with E-state index in [-0.39, 0.29) is 17.5 Å². The summed E-state index contributed by atoms with van der Waals surface area (Å²) in [6.45, 7) is 3.32. The van der Waals surface area contributed by atoms with Crippen LogP contribution in [-0.2, 0) is 4.74 Å². The number of carbonyl (C=O) groups excluding carboxylic acids is 1. The highest BCUT2D eigenvalue weighted by atomic mass is 16.5. The Bertz CT molecular complexity index is 801. The molecule has 1 aliphatic rings. The van der Waals surface area contributed by atoms with E-state index in [4.69, 9.17) is 14.6 Å². The first-order valence-electron chi connectivity index (χ1n) is 8.24. The molecule has 1 amide bonds. The molecule has 0 aliphatic carbocycles. The molecule has 0 saturated carbocycles. The van der Waals surface area contributed by atoms with Gasteiger partial charge in [-0.2, -0.15) is 0 Å². The maximum Gasteiger partial charge on any atom is 0.356 e. The van der Waals surface area contributed by atoms with Crippen LogP contribution in [-0.4, -0.2) is 46.3 Å². The largest absolute Gasteiger partial charge is 0.490 e. The minimum atomic E-state index is -1.19. The van der Waals surface area contributed by atoms with E-state index in [2.05, 4.69) is 15.3 Å². The van der Waals surface area contributed by atoms with Crippen LogP contribution in [0.2, 0.25) is 0 Å². The number of hydrogen-bond donors (Lipinski definition) is 2. The molecule has 0 atom stereocenters. The van der Waals surface area contributed by atoms with Crippen LogP contribution in [0.5, 0.6) is 5.75 Å². The topological polar surface area (TPSA) is 111 Å².